The molecule has 0 spiro atoms. The number of benzene rings is 2. The average molecular weight is 337 g/mol. The monoisotopic (exact) mass is 335 g/mol. The molecule has 3 heteroatoms. The van der Waals surface area contributed by atoms with Crippen molar-refractivity contribution in [3.05, 3.63) is 69.2 Å². The predicted molar refractivity (Wildman–Crippen MR) is 83.8 cm³/mol. The Labute approximate surface area is 127 Å². The predicted octanol–water partition coefficient (Wildman–Crippen LogP) is 4.19. The Hall–Kier alpha value is -0.830. The molecule has 3 rings (SSSR count). The largest absolute Gasteiger partial charge is 0.315 e. The lowest BCUT2D eigenvalue weighted by atomic mass is 9.71. The second-order valence-electron chi connectivity index (χ2n) is 5.19. The van der Waals surface area contributed by atoms with Gasteiger partial charge in [0.1, 0.15) is 0 Å². The SMILES string of the molecule is Clc1ccc(C2(Cc3ccc(Br)cc3)CNC2)cc1. The zero-order chi connectivity index (χ0) is 13.3. The minimum absolute atomic E-state index is 0.221. The first-order chi connectivity index (χ1) is 9.18. The molecule has 98 valence electrons. The molecule has 1 heterocycles. The molecule has 2 aromatic rings. The molecule has 0 bridgehead atoms. The molecule has 0 unspecified atom stereocenters. The van der Waals surface area contributed by atoms with Crippen molar-refractivity contribution in [1.29, 1.82) is 0 Å². The Morgan fingerprint density at radius 3 is 2.16 bits per heavy atom. The van der Waals surface area contributed by atoms with Crippen molar-refractivity contribution in [2.45, 2.75) is 11.8 Å². The van der Waals surface area contributed by atoms with Crippen LogP contribution in [0, 0.1) is 0 Å². The second-order valence-corrected chi connectivity index (χ2v) is 6.55. The molecule has 0 radical (unpaired) electrons. The molecule has 1 nitrogen and oxygen atoms in total. The van der Waals surface area contributed by atoms with E-state index in [1.54, 1.807) is 0 Å². The highest BCUT2D eigenvalue weighted by Gasteiger charge is 2.38. The molecule has 1 saturated heterocycles. The lowest BCUT2D eigenvalue weighted by Gasteiger charge is -2.43. The highest BCUT2D eigenvalue weighted by molar-refractivity contribution is 9.10. The van der Waals surface area contributed by atoms with E-state index in [4.69, 9.17) is 11.6 Å². The van der Waals surface area contributed by atoms with Gasteiger partial charge in [-0.25, -0.2) is 0 Å². The quantitative estimate of drug-likeness (QED) is 0.886. The van der Waals surface area contributed by atoms with Crippen LogP contribution < -0.4 is 5.32 Å². The molecule has 2 aromatic carbocycles. The zero-order valence-electron chi connectivity index (χ0n) is 10.5. The summed E-state index contributed by atoms with van der Waals surface area (Å²) in [6.45, 7) is 2.06. The van der Waals surface area contributed by atoms with Crippen LogP contribution in [-0.4, -0.2) is 13.1 Å². The Kier molecular flexibility index (Phi) is 3.66. The van der Waals surface area contributed by atoms with Crippen molar-refractivity contribution in [1.82, 2.24) is 5.32 Å². The van der Waals surface area contributed by atoms with E-state index in [1.807, 2.05) is 12.1 Å². The van der Waals surface area contributed by atoms with Gasteiger partial charge in [0.05, 0.1) is 0 Å². The Morgan fingerprint density at radius 2 is 1.63 bits per heavy atom. The van der Waals surface area contributed by atoms with Crippen LogP contribution in [0.1, 0.15) is 11.1 Å². The molecule has 0 saturated carbocycles. The van der Waals surface area contributed by atoms with Crippen molar-refractivity contribution < 1.29 is 0 Å². The Bertz CT molecular complexity index is 558. The molecule has 0 atom stereocenters. The summed E-state index contributed by atoms with van der Waals surface area (Å²) in [5.41, 5.74) is 2.97. The number of nitrogens with one attached hydrogen (secondary N) is 1. The number of hydrogen-bond donors (Lipinski definition) is 1. The highest BCUT2D eigenvalue weighted by atomic mass is 79.9. The fourth-order valence-electron chi connectivity index (χ4n) is 2.65. The van der Waals surface area contributed by atoms with E-state index in [0.29, 0.717) is 0 Å². The summed E-state index contributed by atoms with van der Waals surface area (Å²) >= 11 is 9.46. The maximum atomic E-state index is 5.98. The van der Waals surface area contributed by atoms with Gasteiger partial charge in [-0.3, -0.25) is 0 Å². The van der Waals surface area contributed by atoms with Gasteiger partial charge in [-0.05, 0) is 41.8 Å². The lowest BCUT2D eigenvalue weighted by molar-refractivity contribution is 0.275. The summed E-state index contributed by atoms with van der Waals surface area (Å²) in [6.07, 6.45) is 1.06. The van der Waals surface area contributed by atoms with Crippen LogP contribution in [0.4, 0.5) is 0 Å². The smallest absolute Gasteiger partial charge is 0.0406 e. The number of rotatable bonds is 3. The molecule has 1 N–H and O–H groups in total. The van der Waals surface area contributed by atoms with Gasteiger partial charge >= 0.3 is 0 Å². The zero-order valence-corrected chi connectivity index (χ0v) is 12.8. The van der Waals surface area contributed by atoms with E-state index < -0.39 is 0 Å². The fourth-order valence-corrected chi connectivity index (χ4v) is 3.04. The van der Waals surface area contributed by atoms with Gasteiger partial charge < -0.3 is 5.32 Å². The third kappa shape index (κ3) is 2.71. The molecular formula is C16H15BrClN. The van der Waals surface area contributed by atoms with Crippen molar-refractivity contribution in [3.63, 3.8) is 0 Å². The Morgan fingerprint density at radius 1 is 1.00 bits per heavy atom. The standard InChI is InChI=1S/C16H15BrClN/c17-14-5-1-12(2-6-14)9-16(10-19-11-16)13-3-7-15(18)8-4-13/h1-8,19H,9-11H2. The minimum Gasteiger partial charge on any atom is -0.315 e. The molecule has 0 aliphatic carbocycles. The maximum absolute atomic E-state index is 5.98. The molecule has 0 aromatic heterocycles. The third-order valence-electron chi connectivity index (χ3n) is 3.84. The minimum atomic E-state index is 0.221. The molecule has 1 aliphatic rings. The van der Waals surface area contributed by atoms with Gasteiger partial charge in [-0.15, -0.1) is 0 Å². The first kappa shape index (κ1) is 13.2. The molecule has 1 aliphatic heterocycles. The van der Waals surface area contributed by atoms with Crippen LogP contribution in [0.2, 0.25) is 5.02 Å². The van der Waals surface area contributed by atoms with Gasteiger partial charge in [0, 0.05) is 28.0 Å². The molecular weight excluding hydrogens is 322 g/mol. The van der Waals surface area contributed by atoms with Crippen LogP contribution in [0.25, 0.3) is 0 Å². The van der Waals surface area contributed by atoms with Gasteiger partial charge in [0.25, 0.3) is 0 Å². The lowest BCUT2D eigenvalue weighted by Crippen LogP contribution is -2.58. The van der Waals surface area contributed by atoms with Crippen LogP contribution in [0.15, 0.2) is 53.0 Å². The van der Waals surface area contributed by atoms with Crippen LogP contribution in [0.3, 0.4) is 0 Å². The number of halogens is 2. The first-order valence-corrected chi connectivity index (χ1v) is 7.56. The molecule has 1 fully saturated rings. The van der Waals surface area contributed by atoms with E-state index >= 15 is 0 Å². The fraction of sp³-hybridized carbons (Fsp3) is 0.250. The first-order valence-electron chi connectivity index (χ1n) is 6.39. The van der Waals surface area contributed by atoms with E-state index in [2.05, 4.69) is 57.6 Å². The van der Waals surface area contributed by atoms with Crippen LogP contribution in [0.5, 0.6) is 0 Å². The van der Waals surface area contributed by atoms with Gasteiger partial charge in [0.15, 0.2) is 0 Å². The number of hydrogen-bond acceptors (Lipinski definition) is 1. The van der Waals surface area contributed by atoms with E-state index in [0.717, 1.165) is 29.0 Å². The summed E-state index contributed by atoms with van der Waals surface area (Å²) in [7, 11) is 0. The third-order valence-corrected chi connectivity index (χ3v) is 4.62. The van der Waals surface area contributed by atoms with Gasteiger partial charge in [-0.1, -0.05) is 51.8 Å². The second kappa shape index (κ2) is 5.28. The van der Waals surface area contributed by atoms with Gasteiger partial charge in [0.2, 0.25) is 0 Å². The van der Waals surface area contributed by atoms with E-state index in [9.17, 15) is 0 Å². The Balaban J connectivity index is 1.87. The average Bonchev–Trinajstić information content (AvgIpc) is 2.37. The summed E-state index contributed by atoms with van der Waals surface area (Å²) in [4.78, 5) is 0. The van der Waals surface area contributed by atoms with Crippen molar-refractivity contribution in [2.75, 3.05) is 13.1 Å². The van der Waals surface area contributed by atoms with Crippen LogP contribution >= 0.6 is 27.5 Å². The summed E-state index contributed by atoms with van der Waals surface area (Å²) in [6, 6.07) is 16.9. The summed E-state index contributed by atoms with van der Waals surface area (Å²) in [5.74, 6) is 0. The van der Waals surface area contributed by atoms with Crippen LogP contribution in [-0.2, 0) is 11.8 Å². The topological polar surface area (TPSA) is 12.0 Å². The van der Waals surface area contributed by atoms with E-state index in [-0.39, 0.29) is 5.41 Å². The normalized spacial score (nSPS) is 16.9. The van der Waals surface area contributed by atoms with E-state index in [1.165, 1.54) is 11.1 Å². The summed E-state index contributed by atoms with van der Waals surface area (Å²) < 4.78 is 1.13. The summed E-state index contributed by atoms with van der Waals surface area (Å²) in [5, 5.41) is 4.21. The maximum Gasteiger partial charge on any atom is 0.0406 e. The molecule has 19 heavy (non-hydrogen) atoms. The van der Waals surface area contributed by atoms with Gasteiger partial charge in [-0.2, -0.15) is 0 Å². The van der Waals surface area contributed by atoms with Crippen molar-refractivity contribution in [2.24, 2.45) is 0 Å². The van der Waals surface area contributed by atoms with Crippen molar-refractivity contribution in [3.8, 4) is 0 Å². The molecule has 0 amide bonds. The highest BCUT2D eigenvalue weighted by Crippen LogP contribution is 2.33. The van der Waals surface area contributed by atoms with Crippen molar-refractivity contribution >= 4 is 27.5 Å².